The molecular formula is C16H26N4O3. The van der Waals surface area contributed by atoms with E-state index in [0.717, 1.165) is 45.4 Å². The van der Waals surface area contributed by atoms with Crippen LogP contribution < -0.4 is 0 Å². The highest BCUT2D eigenvalue weighted by molar-refractivity contribution is 5.77. The first-order chi connectivity index (χ1) is 11.1. The SMILES string of the molecule is CCN1CCC2(CC1)CC(c1nnc(C)o1)N(C(=O)CCO)C2. The molecule has 0 aromatic carbocycles. The minimum atomic E-state index is -0.150. The highest BCUT2D eigenvalue weighted by atomic mass is 16.4. The van der Waals surface area contributed by atoms with Crippen LogP contribution in [0.4, 0.5) is 0 Å². The minimum absolute atomic E-state index is 0.0249. The summed E-state index contributed by atoms with van der Waals surface area (Å²) >= 11 is 0. The molecule has 1 atom stereocenters. The van der Waals surface area contributed by atoms with Crippen molar-refractivity contribution in [1.29, 1.82) is 0 Å². The molecule has 3 heterocycles. The van der Waals surface area contributed by atoms with Crippen molar-refractivity contribution in [2.45, 2.75) is 45.6 Å². The topological polar surface area (TPSA) is 82.7 Å². The highest BCUT2D eigenvalue weighted by Gasteiger charge is 2.49. The predicted octanol–water partition coefficient (Wildman–Crippen LogP) is 1.14. The second-order valence-electron chi connectivity index (χ2n) is 6.81. The molecule has 1 spiro atoms. The average molecular weight is 322 g/mol. The molecule has 23 heavy (non-hydrogen) atoms. The maximum Gasteiger partial charge on any atom is 0.238 e. The Labute approximate surface area is 136 Å². The summed E-state index contributed by atoms with van der Waals surface area (Å²) in [5.74, 6) is 1.03. The number of aromatic nitrogens is 2. The fourth-order valence-electron chi connectivity index (χ4n) is 3.93. The van der Waals surface area contributed by atoms with Crippen molar-refractivity contribution in [3.8, 4) is 0 Å². The third kappa shape index (κ3) is 3.26. The summed E-state index contributed by atoms with van der Waals surface area (Å²) in [4.78, 5) is 16.8. The summed E-state index contributed by atoms with van der Waals surface area (Å²) in [6.45, 7) is 7.79. The van der Waals surface area contributed by atoms with Gasteiger partial charge < -0.3 is 19.3 Å². The quantitative estimate of drug-likeness (QED) is 0.895. The Hall–Kier alpha value is -1.47. The molecule has 0 aliphatic carbocycles. The minimum Gasteiger partial charge on any atom is -0.423 e. The molecule has 2 aliphatic heterocycles. The van der Waals surface area contributed by atoms with Crippen LogP contribution >= 0.6 is 0 Å². The second-order valence-corrected chi connectivity index (χ2v) is 6.81. The first kappa shape index (κ1) is 16.4. The first-order valence-electron chi connectivity index (χ1n) is 8.49. The lowest BCUT2D eigenvalue weighted by Crippen LogP contribution is -2.42. The van der Waals surface area contributed by atoms with Crippen LogP contribution in [0.5, 0.6) is 0 Å². The van der Waals surface area contributed by atoms with Crippen molar-refractivity contribution >= 4 is 5.91 Å². The van der Waals surface area contributed by atoms with E-state index in [-0.39, 0.29) is 30.4 Å². The first-order valence-corrected chi connectivity index (χ1v) is 8.49. The van der Waals surface area contributed by atoms with Gasteiger partial charge in [-0.15, -0.1) is 10.2 Å². The van der Waals surface area contributed by atoms with Gasteiger partial charge in [0.25, 0.3) is 0 Å². The molecule has 2 saturated heterocycles. The molecule has 7 heteroatoms. The predicted molar refractivity (Wildman–Crippen MR) is 83.6 cm³/mol. The molecule has 1 aromatic heterocycles. The van der Waals surface area contributed by atoms with Gasteiger partial charge in [-0.1, -0.05) is 6.92 Å². The monoisotopic (exact) mass is 322 g/mol. The summed E-state index contributed by atoms with van der Waals surface area (Å²) in [5.41, 5.74) is 0.143. The number of carbonyl (C=O) groups excluding carboxylic acids is 1. The van der Waals surface area contributed by atoms with Gasteiger partial charge in [0.1, 0.15) is 6.04 Å². The summed E-state index contributed by atoms with van der Waals surface area (Å²) in [6.07, 6.45) is 3.21. The molecule has 7 nitrogen and oxygen atoms in total. The fourth-order valence-corrected chi connectivity index (χ4v) is 3.93. The molecule has 1 N–H and O–H groups in total. The summed E-state index contributed by atoms with van der Waals surface area (Å²) in [6, 6.07) is -0.150. The van der Waals surface area contributed by atoms with E-state index in [1.165, 1.54) is 0 Å². The van der Waals surface area contributed by atoms with Crippen LogP contribution in [0.2, 0.25) is 0 Å². The lowest BCUT2D eigenvalue weighted by Gasteiger charge is -2.38. The third-order valence-electron chi connectivity index (χ3n) is 5.35. The van der Waals surface area contributed by atoms with E-state index in [9.17, 15) is 4.79 Å². The number of carbonyl (C=O) groups is 1. The number of aliphatic hydroxyl groups excluding tert-OH is 1. The Morgan fingerprint density at radius 1 is 1.39 bits per heavy atom. The Morgan fingerprint density at radius 3 is 2.70 bits per heavy atom. The van der Waals surface area contributed by atoms with Gasteiger partial charge >= 0.3 is 0 Å². The molecule has 1 amide bonds. The highest BCUT2D eigenvalue weighted by Crippen LogP contribution is 2.48. The Morgan fingerprint density at radius 2 is 2.13 bits per heavy atom. The van der Waals surface area contributed by atoms with Crippen LogP contribution in [-0.2, 0) is 4.79 Å². The van der Waals surface area contributed by atoms with Gasteiger partial charge in [-0.25, -0.2) is 0 Å². The molecule has 128 valence electrons. The molecule has 0 radical (unpaired) electrons. The van der Waals surface area contributed by atoms with Crippen LogP contribution in [0.15, 0.2) is 4.42 Å². The van der Waals surface area contributed by atoms with Crippen molar-refractivity contribution < 1.29 is 14.3 Å². The maximum atomic E-state index is 12.4. The van der Waals surface area contributed by atoms with E-state index in [1.807, 2.05) is 4.90 Å². The van der Waals surface area contributed by atoms with E-state index in [2.05, 4.69) is 22.0 Å². The van der Waals surface area contributed by atoms with Gasteiger partial charge in [-0.3, -0.25) is 4.79 Å². The second kappa shape index (κ2) is 6.57. The molecule has 2 aliphatic rings. The number of rotatable bonds is 4. The largest absolute Gasteiger partial charge is 0.423 e. The van der Waals surface area contributed by atoms with E-state index < -0.39 is 0 Å². The van der Waals surface area contributed by atoms with Gasteiger partial charge in [0.05, 0.1) is 6.61 Å². The number of hydrogen-bond acceptors (Lipinski definition) is 6. The summed E-state index contributed by atoms with van der Waals surface area (Å²) in [7, 11) is 0. The zero-order valence-corrected chi connectivity index (χ0v) is 14.0. The molecule has 0 saturated carbocycles. The normalized spacial score (nSPS) is 24.5. The maximum absolute atomic E-state index is 12.4. The van der Waals surface area contributed by atoms with E-state index in [0.29, 0.717) is 11.8 Å². The Balaban J connectivity index is 1.80. The van der Waals surface area contributed by atoms with Crippen LogP contribution in [0, 0.1) is 12.3 Å². The third-order valence-corrected chi connectivity index (χ3v) is 5.35. The molecule has 1 aromatic rings. The number of amides is 1. The molecular weight excluding hydrogens is 296 g/mol. The lowest BCUT2D eigenvalue weighted by atomic mass is 9.76. The van der Waals surface area contributed by atoms with Gasteiger partial charge in [0.15, 0.2) is 0 Å². The van der Waals surface area contributed by atoms with Gasteiger partial charge in [0, 0.05) is 19.9 Å². The van der Waals surface area contributed by atoms with Crippen molar-refractivity contribution in [3.05, 3.63) is 11.8 Å². The number of nitrogens with zero attached hydrogens (tertiary/aromatic N) is 4. The van der Waals surface area contributed by atoms with Crippen LogP contribution in [0.25, 0.3) is 0 Å². The Kier molecular flexibility index (Phi) is 4.68. The lowest BCUT2D eigenvalue weighted by molar-refractivity contribution is -0.133. The van der Waals surface area contributed by atoms with Crippen molar-refractivity contribution in [3.63, 3.8) is 0 Å². The average Bonchev–Trinajstić information content (AvgIpc) is 3.13. The van der Waals surface area contributed by atoms with Gasteiger partial charge in [0.2, 0.25) is 17.7 Å². The smallest absolute Gasteiger partial charge is 0.238 e. The van der Waals surface area contributed by atoms with E-state index in [1.54, 1.807) is 6.92 Å². The zero-order valence-electron chi connectivity index (χ0n) is 14.0. The number of likely N-dealkylation sites (tertiary alicyclic amines) is 2. The van der Waals surface area contributed by atoms with E-state index >= 15 is 0 Å². The Bertz CT molecular complexity index is 551. The summed E-state index contributed by atoms with van der Waals surface area (Å²) < 4.78 is 5.61. The molecule has 3 rings (SSSR count). The zero-order chi connectivity index (χ0) is 16.4. The number of aliphatic hydroxyl groups is 1. The fraction of sp³-hybridized carbons (Fsp3) is 0.812. The van der Waals surface area contributed by atoms with Gasteiger partial charge in [-0.05, 0) is 44.3 Å². The van der Waals surface area contributed by atoms with Crippen LogP contribution in [-0.4, -0.2) is 63.8 Å². The summed E-state index contributed by atoms with van der Waals surface area (Å²) in [5, 5.41) is 17.2. The molecule has 0 bridgehead atoms. The van der Waals surface area contributed by atoms with Gasteiger partial charge in [-0.2, -0.15) is 0 Å². The number of hydrogen-bond donors (Lipinski definition) is 1. The molecule has 1 unspecified atom stereocenters. The van der Waals surface area contributed by atoms with Crippen LogP contribution in [0.3, 0.4) is 0 Å². The van der Waals surface area contributed by atoms with Crippen molar-refractivity contribution in [1.82, 2.24) is 20.0 Å². The van der Waals surface area contributed by atoms with Crippen molar-refractivity contribution in [2.75, 3.05) is 32.8 Å². The number of aryl methyl sites for hydroxylation is 1. The van der Waals surface area contributed by atoms with Crippen LogP contribution in [0.1, 0.15) is 50.4 Å². The standard InChI is InChI=1S/C16H26N4O3/c1-3-19-7-5-16(6-8-19)10-13(15-18-17-12(2)23-15)20(11-16)14(22)4-9-21/h13,21H,3-11H2,1-2H3. The number of piperidine rings is 1. The van der Waals surface area contributed by atoms with Crippen molar-refractivity contribution in [2.24, 2.45) is 5.41 Å². The van der Waals surface area contributed by atoms with E-state index in [4.69, 9.17) is 9.52 Å². The molecule has 2 fully saturated rings.